The fourth-order valence-corrected chi connectivity index (χ4v) is 1.97. The van der Waals surface area contributed by atoms with Gasteiger partial charge in [0.1, 0.15) is 0 Å². The van der Waals surface area contributed by atoms with E-state index in [4.69, 9.17) is 18.9 Å². The van der Waals surface area contributed by atoms with Crippen LogP contribution in [0.15, 0.2) is 0 Å². The minimum absolute atomic E-state index is 0.133. The van der Waals surface area contributed by atoms with Gasteiger partial charge in [-0.3, -0.25) is 4.79 Å². The summed E-state index contributed by atoms with van der Waals surface area (Å²) in [5.41, 5.74) is 0. The normalized spacial score (nSPS) is 11.2. The van der Waals surface area contributed by atoms with Crippen LogP contribution in [0.4, 0.5) is 0 Å². The summed E-state index contributed by atoms with van der Waals surface area (Å²) in [6, 6.07) is 0. The quantitative estimate of drug-likeness (QED) is 0.277. The number of rotatable bonds is 18. The van der Waals surface area contributed by atoms with Crippen molar-refractivity contribution in [2.45, 2.75) is 65.7 Å². The van der Waals surface area contributed by atoms with Gasteiger partial charge in [0.2, 0.25) is 0 Å². The lowest BCUT2D eigenvalue weighted by atomic mass is 10.1. The number of unbranched alkanes of at least 4 members (excludes halogenated alkanes) is 3. The van der Waals surface area contributed by atoms with Crippen LogP contribution in [0.5, 0.6) is 0 Å². The van der Waals surface area contributed by atoms with Crippen LogP contribution in [0.2, 0.25) is 0 Å². The Hall–Kier alpha value is -0.650. The van der Waals surface area contributed by atoms with Gasteiger partial charge in [0.15, 0.2) is 0 Å². The third kappa shape index (κ3) is 19.4. The standard InChI is InChI=1S/C19H38O5/c1-4-5-6-7-11-21-14-16-23-17-15-22-12-8-9-19(20)24-13-10-18(2)3/h18H,4-17H2,1-3H3. The Balaban J connectivity index is 3.10. The molecule has 0 rings (SSSR count). The Bertz CT molecular complexity index is 268. The van der Waals surface area contributed by atoms with Crippen LogP contribution < -0.4 is 0 Å². The van der Waals surface area contributed by atoms with Gasteiger partial charge in [-0.05, 0) is 25.2 Å². The second-order valence-electron chi connectivity index (χ2n) is 6.40. The molecule has 0 saturated heterocycles. The second-order valence-corrected chi connectivity index (χ2v) is 6.40. The lowest BCUT2D eigenvalue weighted by Gasteiger charge is -2.08. The van der Waals surface area contributed by atoms with Crippen molar-refractivity contribution in [3.63, 3.8) is 0 Å². The number of ether oxygens (including phenoxy) is 4. The lowest BCUT2D eigenvalue weighted by Crippen LogP contribution is -2.11. The molecular formula is C19H38O5. The number of carbonyl (C=O) groups excluding carboxylic acids is 1. The molecule has 0 aliphatic carbocycles. The highest BCUT2D eigenvalue weighted by atomic mass is 16.5. The minimum atomic E-state index is -0.133. The summed E-state index contributed by atoms with van der Waals surface area (Å²) < 4.78 is 21.5. The summed E-state index contributed by atoms with van der Waals surface area (Å²) in [5.74, 6) is 0.430. The second kappa shape index (κ2) is 18.7. The van der Waals surface area contributed by atoms with Crippen molar-refractivity contribution in [3.05, 3.63) is 0 Å². The number of carbonyl (C=O) groups is 1. The fraction of sp³-hybridized carbons (Fsp3) is 0.947. The molecule has 0 fully saturated rings. The first kappa shape index (κ1) is 23.4. The fourth-order valence-electron chi connectivity index (χ4n) is 1.97. The molecule has 0 unspecified atom stereocenters. The Kier molecular flexibility index (Phi) is 18.2. The molecule has 5 nitrogen and oxygen atoms in total. The number of hydrogen-bond donors (Lipinski definition) is 0. The van der Waals surface area contributed by atoms with Crippen molar-refractivity contribution in [2.24, 2.45) is 5.92 Å². The Labute approximate surface area is 148 Å². The van der Waals surface area contributed by atoms with Crippen LogP contribution in [0, 0.1) is 5.92 Å². The van der Waals surface area contributed by atoms with E-state index in [9.17, 15) is 4.79 Å². The molecule has 0 radical (unpaired) electrons. The minimum Gasteiger partial charge on any atom is -0.466 e. The van der Waals surface area contributed by atoms with E-state index in [0.29, 0.717) is 58.4 Å². The summed E-state index contributed by atoms with van der Waals surface area (Å²) in [7, 11) is 0. The molecule has 0 heterocycles. The van der Waals surface area contributed by atoms with Gasteiger partial charge >= 0.3 is 5.97 Å². The van der Waals surface area contributed by atoms with Crippen LogP contribution in [0.3, 0.4) is 0 Å². The third-order valence-corrected chi connectivity index (χ3v) is 3.51. The van der Waals surface area contributed by atoms with E-state index in [1.165, 1.54) is 19.3 Å². The van der Waals surface area contributed by atoms with Gasteiger partial charge in [-0.1, -0.05) is 40.0 Å². The Morgan fingerprint density at radius 3 is 1.92 bits per heavy atom. The highest BCUT2D eigenvalue weighted by molar-refractivity contribution is 5.69. The molecule has 0 spiro atoms. The van der Waals surface area contributed by atoms with Gasteiger partial charge in [0.05, 0.1) is 33.0 Å². The molecule has 144 valence electrons. The lowest BCUT2D eigenvalue weighted by molar-refractivity contribution is -0.144. The van der Waals surface area contributed by atoms with E-state index in [0.717, 1.165) is 19.4 Å². The van der Waals surface area contributed by atoms with Gasteiger partial charge in [-0.25, -0.2) is 0 Å². The zero-order chi connectivity index (χ0) is 17.9. The summed E-state index contributed by atoms with van der Waals surface area (Å²) in [5, 5.41) is 0. The van der Waals surface area contributed by atoms with Gasteiger partial charge in [-0.2, -0.15) is 0 Å². The molecule has 24 heavy (non-hydrogen) atoms. The van der Waals surface area contributed by atoms with E-state index < -0.39 is 0 Å². The molecule has 0 aliphatic heterocycles. The van der Waals surface area contributed by atoms with Gasteiger partial charge in [0.25, 0.3) is 0 Å². The first-order valence-corrected chi connectivity index (χ1v) is 9.55. The zero-order valence-corrected chi connectivity index (χ0v) is 16.0. The van der Waals surface area contributed by atoms with E-state index in [2.05, 4.69) is 20.8 Å². The van der Waals surface area contributed by atoms with Gasteiger partial charge in [0, 0.05) is 19.6 Å². The highest BCUT2D eigenvalue weighted by Crippen LogP contribution is 2.01. The molecule has 5 heteroatoms. The highest BCUT2D eigenvalue weighted by Gasteiger charge is 2.03. The molecule has 0 N–H and O–H groups in total. The SMILES string of the molecule is CCCCCCOCCOCCOCCCC(=O)OCCC(C)C. The van der Waals surface area contributed by atoms with Gasteiger partial charge in [-0.15, -0.1) is 0 Å². The van der Waals surface area contributed by atoms with Crippen molar-refractivity contribution in [2.75, 3.05) is 46.2 Å². The molecular weight excluding hydrogens is 308 g/mol. The smallest absolute Gasteiger partial charge is 0.305 e. The van der Waals surface area contributed by atoms with Gasteiger partial charge < -0.3 is 18.9 Å². The predicted molar refractivity (Wildman–Crippen MR) is 96.2 cm³/mol. The monoisotopic (exact) mass is 346 g/mol. The number of esters is 1. The first-order chi connectivity index (χ1) is 11.7. The van der Waals surface area contributed by atoms with E-state index in [1.54, 1.807) is 0 Å². The topological polar surface area (TPSA) is 54.0 Å². The van der Waals surface area contributed by atoms with E-state index >= 15 is 0 Å². The van der Waals surface area contributed by atoms with Crippen molar-refractivity contribution < 1.29 is 23.7 Å². The molecule has 0 aromatic carbocycles. The van der Waals surface area contributed by atoms with E-state index in [1.807, 2.05) is 0 Å². The zero-order valence-electron chi connectivity index (χ0n) is 16.0. The summed E-state index contributed by atoms with van der Waals surface area (Å²) in [4.78, 5) is 11.4. The summed E-state index contributed by atoms with van der Waals surface area (Å²) in [6.45, 7) is 10.7. The average molecular weight is 347 g/mol. The first-order valence-electron chi connectivity index (χ1n) is 9.55. The molecule has 0 aromatic rings. The maximum absolute atomic E-state index is 11.4. The third-order valence-electron chi connectivity index (χ3n) is 3.51. The molecule has 0 saturated carbocycles. The van der Waals surface area contributed by atoms with Crippen molar-refractivity contribution in [1.29, 1.82) is 0 Å². The van der Waals surface area contributed by atoms with Crippen LogP contribution >= 0.6 is 0 Å². The molecule has 0 aromatic heterocycles. The summed E-state index contributed by atoms with van der Waals surface area (Å²) >= 11 is 0. The Morgan fingerprint density at radius 1 is 0.750 bits per heavy atom. The number of hydrogen-bond acceptors (Lipinski definition) is 5. The largest absolute Gasteiger partial charge is 0.466 e. The maximum Gasteiger partial charge on any atom is 0.305 e. The molecule has 0 aliphatic rings. The Morgan fingerprint density at radius 2 is 1.33 bits per heavy atom. The van der Waals surface area contributed by atoms with Crippen molar-refractivity contribution in [1.82, 2.24) is 0 Å². The van der Waals surface area contributed by atoms with E-state index in [-0.39, 0.29) is 5.97 Å². The average Bonchev–Trinajstić information content (AvgIpc) is 2.55. The predicted octanol–water partition coefficient (Wildman–Crippen LogP) is 3.99. The molecule has 0 amide bonds. The van der Waals surface area contributed by atoms with Crippen LogP contribution in [0.25, 0.3) is 0 Å². The van der Waals surface area contributed by atoms with Crippen LogP contribution in [-0.4, -0.2) is 52.2 Å². The van der Waals surface area contributed by atoms with Crippen molar-refractivity contribution >= 4 is 5.97 Å². The van der Waals surface area contributed by atoms with Crippen LogP contribution in [0.1, 0.15) is 65.7 Å². The molecule has 0 bridgehead atoms. The summed E-state index contributed by atoms with van der Waals surface area (Å²) in [6.07, 6.45) is 6.96. The maximum atomic E-state index is 11.4. The van der Waals surface area contributed by atoms with Crippen LogP contribution in [-0.2, 0) is 23.7 Å². The molecule has 0 atom stereocenters. The van der Waals surface area contributed by atoms with Crippen molar-refractivity contribution in [3.8, 4) is 0 Å².